The van der Waals surface area contributed by atoms with Crippen LogP contribution in [0.15, 0.2) is 24.3 Å². The van der Waals surface area contributed by atoms with E-state index in [0.717, 1.165) is 11.3 Å². The third-order valence-corrected chi connectivity index (χ3v) is 2.64. The Bertz CT molecular complexity index is 349. The van der Waals surface area contributed by atoms with Crippen LogP contribution in [0.25, 0.3) is 0 Å². The predicted octanol–water partition coefficient (Wildman–Crippen LogP) is 1.26. The molecule has 1 atom stereocenters. The van der Waals surface area contributed by atoms with Crippen molar-refractivity contribution in [2.24, 2.45) is 5.73 Å². The molecular formula is C13H20N2O2. The summed E-state index contributed by atoms with van der Waals surface area (Å²) in [6.07, 6.45) is 0.651. The Balaban J connectivity index is 2.84. The Morgan fingerprint density at radius 1 is 1.41 bits per heavy atom. The van der Waals surface area contributed by atoms with Gasteiger partial charge >= 0.3 is 0 Å². The fourth-order valence-electron chi connectivity index (χ4n) is 1.75. The normalized spacial score (nSPS) is 11.9. The second-order valence-electron chi connectivity index (χ2n) is 3.80. The van der Waals surface area contributed by atoms with Gasteiger partial charge in [0.2, 0.25) is 5.91 Å². The largest absolute Gasteiger partial charge is 0.497 e. The lowest BCUT2D eigenvalue weighted by Gasteiger charge is -2.16. The maximum Gasteiger partial charge on any atom is 0.227 e. The summed E-state index contributed by atoms with van der Waals surface area (Å²) in [5, 5.41) is 2.83. The van der Waals surface area contributed by atoms with Crippen LogP contribution in [0.5, 0.6) is 5.75 Å². The van der Waals surface area contributed by atoms with Crippen LogP contribution in [0.3, 0.4) is 0 Å². The van der Waals surface area contributed by atoms with Crippen molar-refractivity contribution in [2.45, 2.75) is 19.3 Å². The Morgan fingerprint density at radius 2 is 2.06 bits per heavy atom. The molecule has 4 heteroatoms. The quantitative estimate of drug-likeness (QED) is 0.781. The Hall–Kier alpha value is -1.55. The Labute approximate surface area is 102 Å². The van der Waals surface area contributed by atoms with E-state index in [0.29, 0.717) is 19.5 Å². The number of hydrogen-bond acceptors (Lipinski definition) is 3. The van der Waals surface area contributed by atoms with Crippen LogP contribution < -0.4 is 15.8 Å². The molecule has 0 aliphatic carbocycles. The van der Waals surface area contributed by atoms with Crippen LogP contribution in [0.2, 0.25) is 0 Å². The van der Waals surface area contributed by atoms with E-state index >= 15 is 0 Å². The van der Waals surface area contributed by atoms with Crippen molar-refractivity contribution >= 4 is 5.91 Å². The van der Waals surface area contributed by atoms with Gasteiger partial charge in [0.1, 0.15) is 5.75 Å². The van der Waals surface area contributed by atoms with E-state index in [-0.39, 0.29) is 11.8 Å². The fourth-order valence-corrected chi connectivity index (χ4v) is 1.75. The molecule has 4 nitrogen and oxygen atoms in total. The summed E-state index contributed by atoms with van der Waals surface area (Å²) >= 11 is 0. The molecule has 0 saturated heterocycles. The zero-order valence-electron chi connectivity index (χ0n) is 10.4. The minimum absolute atomic E-state index is 0.0307. The van der Waals surface area contributed by atoms with E-state index in [1.165, 1.54) is 0 Å². The number of amides is 1. The molecule has 0 aromatic heterocycles. The van der Waals surface area contributed by atoms with Gasteiger partial charge < -0.3 is 15.8 Å². The first-order valence-corrected chi connectivity index (χ1v) is 5.84. The van der Waals surface area contributed by atoms with Crippen LogP contribution in [0.4, 0.5) is 0 Å². The number of ether oxygens (including phenoxy) is 1. The molecule has 1 unspecified atom stereocenters. The summed E-state index contributed by atoms with van der Waals surface area (Å²) in [4.78, 5) is 11.9. The highest BCUT2D eigenvalue weighted by Gasteiger charge is 2.18. The van der Waals surface area contributed by atoms with Crippen LogP contribution in [0, 0.1) is 0 Å². The number of carbonyl (C=O) groups is 1. The van der Waals surface area contributed by atoms with Crippen LogP contribution in [-0.2, 0) is 4.79 Å². The molecule has 0 aliphatic heterocycles. The van der Waals surface area contributed by atoms with Gasteiger partial charge in [-0.1, -0.05) is 12.1 Å². The van der Waals surface area contributed by atoms with Gasteiger partial charge in [-0.05, 0) is 37.6 Å². The third-order valence-electron chi connectivity index (χ3n) is 2.64. The summed E-state index contributed by atoms with van der Waals surface area (Å²) in [5.74, 6) is 0.644. The van der Waals surface area contributed by atoms with E-state index < -0.39 is 0 Å². The van der Waals surface area contributed by atoms with Gasteiger partial charge in [0.25, 0.3) is 0 Å². The van der Waals surface area contributed by atoms with E-state index in [1.807, 2.05) is 31.2 Å². The summed E-state index contributed by atoms with van der Waals surface area (Å²) in [5.41, 5.74) is 6.53. The standard InChI is InChI=1S/C13H20N2O2/c1-3-15-13(16)12(8-9-14)10-4-6-11(17-2)7-5-10/h4-7,12H,3,8-9,14H2,1-2H3,(H,15,16). The van der Waals surface area contributed by atoms with Crippen molar-refractivity contribution in [1.82, 2.24) is 5.32 Å². The summed E-state index contributed by atoms with van der Waals surface area (Å²) in [7, 11) is 1.62. The van der Waals surface area contributed by atoms with Gasteiger partial charge in [-0.15, -0.1) is 0 Å². The Morgan fingerprint density at radius 3 is 2.53 bits per heavy atom. The van der Waals surface area contributed by atoms with Crippen LogP contribution in [-0.4, -0.2) is 26.1 Å². The number of likely N-dealkylation sites (N-methyl/N-ethyl adjacent to an activating group) is 1. The molecule has 3 N–H and O–H groups in total. The van der Waals surface area contributed by atoms with Crippen LogP contribution >= 0.6 is 0 Å². The maximum atomic E-state index is 11.9. The molecule has 1 rings (SSSR count). The van der Waals surface area contributed by atoms with E-state index in [4.69, 9.17) is 10.5 Å². The van der Waals surface area contributed by atoms with Gasteiger partial charge in [-0.25, -0.2) is 0 Å². The third kappa shape index (κ3) is 3.75. The summed E-state index contributed by atoms with van der Waals surface area (Å²) in [6.45, 7) is 3.04. The summed E-state index contributed by atoms with van der Waals surface area (Å²) in [6, 6.07) is 7.54. The first-order chi connectivity index (χ1) is 8.22. The molecule has 94 valence electrons. The van der Waals surface area contributed by atoms with Crippen LogP contribution in [0.1, 0.15) is 24.8 Å². The molecule has 0 saturated carbocycles. The monoisotopic (exact) mass is 236 g/mol. The average molecular weight is 236 g/mol. The number of hydrogen-bond donors (Lipinski definition) is 2. The lowest BCUT2D eigenvalue weighted by atomic mass is 9.94. The highest BCUT2D eigenvalue weighted by atomic mass is 16.5. The highest BCUT2D eigenvalue weighted by molar-refractivity contribution is 5.83. The SMILES string of the molecule is CCNC(=O)C(CCN)c1ccc(OC)cc1. The van der Waals surface area contributed by atoms with Gasteiger partial charge in [-0.2, -0.15) is 0 Å². The zero-order valence-corrected chi connectivity index (χ0v) is 10.4. The molecule has 0 aliphatic rings. The van der Waals surface area contributed by atoms with Crippen molar-refractivity contribution < 1.29 is 9.53 Å². The number of benzene rings is 1. The molecule has 1 amide bonds. The average Bonchev–Trinajstić information content (AvgIpc) is 2.36. The minimum atomic E-state index is -0.175. The van der Waals surface area contributed by atoms with E-state index in [2.05, 4.69) is 5.32 Å². The van der Waals surface area contributed by atoms with Gasteiger partial charge in [0, 0.05) is 6.54 Å². The number of carbonyl (C=O) groups excluding carboxylic acids is 1. The Kier molecular flexibility index (Phi) is 5.49. The van der Waals surface area contributed by atoms with E-state index in [9.17, 15) is 4.79 Å². The molecule has 1 aromatic rings. The highest BCUT2D eigenvalue weighted by Crippen LogP contribution is 2.22. The lowest BCUT2D eigenvalue weighted by molar-refractivity contribution is -0.122. The molecule has 0 radical (unpaired) electrons. The van der Waals surface area contributed by atoms with Crippen molar-refractivity contribution in [1.29, 1.82) is 0 Å². The van der Waals surface area contributed by atoms with Gasteiger partial charge in [0.15, 0.2) is 0 Å². The minimum Gasteiger partial charge on any atom is -0.497 e. The topological polar surface area (TPSA) is 64.4 Å². The van der Waals surface area contributed by atoms with E-state index in [1.54, 1.807) is 7.11 Å². The number of methoxy groups -OCH3 is 1. The molecule has 0 fully saturated rings. The van der Waals surface area contributed by atoms with Crippen molar-refractivity contribution in [3.63, 3.8) is 0 Å². The van der Waals surface area contributed by atoms with Crippen molar-refractivity contribution in [2.75, 3.05) is 20.2 Å². The fraction of sp³-hybridized carbons (Fsp3) is 0.462. The second kappa shape index (κ2) is 6.91. The molecular weight excluding hydrogens is 216 g/mol. The molecule has 17 heavy (non-hydrogen) atoms. The number of nitrogens with one attached hydrogen (secondary N) is 1. The lowest BCUT2D eigenvalue weighted by Crippen LogP contribution is -2.30. The molecule has 1 aromatic carbocycles. The van der Waals surface area contributed by atoms with Gasteiger partial charge in [-0.3, -0.25) is 4.79 Å². The molecule has 0 bridgehead atoms. The molecule has 0 spiro atoms. The van der Waals surface area contributed by atoms with Crippen molar-refractivity contribution in [3.05, 3.63) is 29.8 Å². The second-order valence-corrected chi connectivity index (χ2v) is 3.80. The molecule has 0 heterocycles. The predicted molar refractivity (Wildman–Crippen MR) is 68.1 cm³/mol. The number of rotatable bonds is 6. The van der Waals surface area contributed by atoms with Gasteiger partial charge in [0.05, 0.1) is 13.0 Å². The summed E-state index contributed by atoms with van der Waals surface area (Å²) < 4.78 is 5.09. The zero-order chi connectivity index (χ0) is 12.7. The number of nitrogens with two attached hydrogens (primary N) is 1. The maximum absolute atomic E-state index is 11.9. The van der Waals surface area contributed by atoms with Crippen molar-refractivity contribution in [3.8, 4) is 5.75 Å². The first-order valence-electron chi connectivity index (χ1n) is 5.84. The first kappa shape index (κ1) is 13.5. The smallest absolute Gasteiger partial charge is 0.227 e.